The maximum atomic E-state index is 12.7. The lowest BCUT2D eigenvalue weighted by Crippen LogP contribution is -2.28. The Morgan fingerprint density at radius 2 is 1.64 bits per heavy atom. The highest BCUT2D eigenvalue weighted by molar-refractivity contribution is 5.95. The van der Waals surface area contributed by atoms with Gasteiger partial charge in [-0.15, -0.1) is 0 Å². The molecule has 0 unspecified atom stereocenters. The number of carbonyl (C=O) groups excluding carboxylic acids is 1. The van der Waals surface area contributed by atoms with Gasteiger partial charge in [0.2, 0.25) is 5.75 Å². The lowest BCUT2D eigenvalue weighted by Gasteiger charge is -2.19. The van der Waals surface area contributed by atoms with Gasteiger partial charge < -0.3 is 24.2 Å². The fraction of sp³-hybridized carbons (Fsp3) is 0.333. The maximum Gasteiger partial charge on any atom is 0.303 e. The minimum Gasteiger partial charge on any atom is -0.493 e. The molecule has 28 heavy (non-hydrogen) atoms. The molecule has 0 aliphatic rings. The maximum absolute atomic E-state index is 12.7. The zero-order chi connectivity index (χ0) is 20.5. The summed E-state index contributed by atoms with van der Waals surface area (Å²) >= 11 is 0. The fourth-order valence-electron chi connectivity index (χ4n) is 2.66. The van der Waals surface area contributed by atoms with Gasteiger partial charge in [0, 0.05) is 25.6 Å². The number of nitrogens with zero attached hydrogens (tertiary/aromatic N) is 1. The summed E-state index contributed by atoms with van der Waals surface area (Å²) in [6, 6.07) is 12.9. The third-order valence-corrected chi connectivity index (χ3v) is 4.16. The van der Waals surface area contributed by atoms with Crippen LogP contribution in [0.1, 0.15) is 28.8 Å². The number of aliphatic carboxylic acids is 1. The molecule has 2 aromatic carbocycles. The summed E-state index contributed by atoms with van der Waals surface area (Å²) in [5.74, 6) is 0.0507. The normalized spacial score (nSPS) is 10.2. The molecule has 0 aliphatic heterocycles. The van der Waals surface area contributed by atoms with E-state index in [1.807, 2.05) is 30.3 Å². The zero-order valence-electron chi connectivity index (χ0n) is 16.3. The van der Waals surface area contributed by atoms with Crippen molar-refractivity contribution in [2.24, 2.45) is 0 Å². The molecule has 7 heteroatoms. The summed E-state index contributed by atoms with van der Waals surface area (Å²) < 4.78 is 16.7. The third kappa shape index (κ3) is 5.64. The molecule has 7 nitrogen and oxygen atoms in total. The molecule has 0 atom stereocenters. The van der Waals surface area contributed by atoms with Crippen molar-refractivity contribution < 1.29 is 28.9 Å². The van der Waals surface area contributed by atoms with Crippen LogP contribution in [-0.2, 0) is 11.4 Å². The Kier molecular flexibility index (Phi) is 7.68. The smallest absolute Gasteiger partial charge is 0.303 e. The molecule has 150 valence electrons. The van der Waals surface area contributed by atoms with E-state index in [1.54, 1.807) is 19.2 Å². The fourth-order valence-corrected chi connectivity index (χ4v) is 2.66. The van der Waals surface area contributed by atoms with Gasteiger partial charge in [0.25, 0.3) is 5.91 Å². The summed E-state index contributed by atoms with van der Waals surface area (Å²) in [5.41, 5.74) is 1.36. The van der Waals surface area contributed by atoms with E-state index in [1.165, 1.54) is 19.1 Å². The van der Waals surface area contributed by atoms with Gasteiger partial charge in [-0.25, -0.2) is 0 Å². The Bertz CT molecular complexity index is 781. The standard InChI is InChI=1S/C21H25NO6/c1-22(11-7-10-19(23)24)21(25)16-12-17(26-2)20(18(13-16)27-3)28-14-15-8-5-4-6-9-15/h4-6,8-9,12-13H,7,10-11,14H2,1-3H3,(H,23,24). The summed E-state index contributed by atoms with van der Waals surface area (Å²) in [6.45, 7) is 0.665. The Labute approximate surface area is 164 Å². The summed E-state index contributed by atoms with van der Waals surface area (Å²) in [7, 11) is 4.62. The molecular formula is C21H25NO6. The number of carboxylic acid groups (broad SMARTS) is 1. The van der Waals surface area contributed by atoms with Crippen LogP contribution in [0.4, 0.5) is 0 Å². The van der Waals surface area contributed by atoms with Crippen molar-refractivity contribution in [3.8, 4) is 17.2 Å². The van der Waals surface area contributed by atoms with Gasteiger partial charge in [-0.3, -0.25) is 9.59 Å². The first kappa shape index (κ1) is 21.1. The minimum absolute atomic E-state index is 0.0104. The van der Waals surface area contributed by atoms with Crippen molar-refractivity contribution in [2.75, 3.05) is 27.8 Å². The first-order valence-electron chi connectivity index (χ1n) is 8.86. The SMILES string of the molecule is COc1cc(C(=O)N(C)CCCC(=O)O)cc(OC)c1OCc1ccccc1. The summed E-state index contributed by atoms with van der Waals surface area (Å²) in [6.07, 6.45) is 0.390. The van der Waals surface area contributed by atoms with E-state index >= 15 is 0 Å². The van der Waals surface area contributed by atoms with Crippen molar-refractivity contribution in [1.82, 2.24) is 4.90 Å². The third-order valence-electron chi connectivity index (χ3n) is 4.16. The van der Waals surface area contributed by atoms with Crippen LogP contribution in [0.25, 0.3) is 0 Å². The average molecular weight is 387 g/mol. The Morgan fingerprint density at radius 1 is 1.04 bits per heavy atom. The van der Waals surface area contributed by atoms with Crippen LogP contribution < -0.4 is 14.2 Å². The number of methoxy groups -OCH3 is 2. The largest absolute Gasteiger partial charge is 0.493 e. The number of rotatable bonds is 10. The number of amides is 1. The number of ether oxygens (including phenoxy) is 3. The molecule has 0 aromatic heterocycles. The molecule has 0 fully saturated rings. The Morgan fingerprint density at radius 3 is 2.18 bits per heavy atom. The van der Waals surface area contributed by atoms with Crippen molar-refractivity contribution in [2.45, 2.75) is 19.4 Å². The number of benzene rings is 2. The second-order valence-electron chi connectivity index (χ2n) is 6.21. The van der Waals surface area contributed by atoms with E-state index < -0.39 is 5.97 Å². The van der Waals surface area contributed by atoms with Gasteiger partial charge in [-0.05, 0) is 24.1 Å². The van der Waals surface area contributed by atoms with Gasteiger partial charge in [0.05, 0.1) is 14.2 Å². The van der Waals surface area contributed by atoms with Crippen molar-refractivity contribution >= 4 is 11.9 Å². The topological polar surface area (TPSA) is 85.3 Å². The van der Waals surface area contributed by atoms with Gasteiger partial charge in [-0.1, -0.05) is 30.3 Å². The first-order chi connectivity index (χ1) is 13.5. The van der Waals surface area contributed by atoms with Crippen LogP contribution in [0.15, 0.2) is 42.5 Å². The molecule has 0 heterocycles. The molecule has 1 N–H and O–H groups in total. The monoisotopic (exact) mass is 387 g/mol. The molecular weight excluding hydrogens is 362 g/mol. The van der Waals surface area contributed by atoms with Crippen LogP contribution in [0.2, 0.25) is 0 Å². The van der Waals surface area contributed by atoms with E-state index in [9.17, 15) is 9.59 Å². The number of hydrogen-bond acceptors (Lipinski definition) is 5. The average Bonchev–Trinajstić information content (AvgIpc) is 2.71. The van der Waals surface area contributed by atoms with E-state index in [0.29, 0.717) is 42.4 Å². The lowest BCUT2D eigenvalue weighted by atomic mass is 10.1. The minimum atomic E-state index is -0.885. The first-order valence-corrected chi connectivity index (χ1v) is 8.86. The van der Waals surface area contributed by atoms with Gasteiger partial charge >= 0.3 is 5.97 Å². The molecule has 0 saturated heterocycles. The Balaban J connectivity index is 2.18. The number of carbonyl (C=O) groups is 2. The van der Waals surface area contributed by atoms with E-state index in [-0.39, 0.29) is 12.3 Å². The van der Waals surface area contributed by atoms with Crippen molar-refractivity contribution in [1.29, 1.82) is 0 Å². The second-order valence-corrected chi connectivity index (χ2v) is 6.21. The lowest BCUT2D eigenvalue weighted by molar-refractivity contribution is -0.137. The second kappa shape index (κ2) is 10.2. The quantitative estimate of drug-likeness (QED) is 0.674. The molecule has 0 bridgehead atoms. The zero-order valence-corrected chi connectivity index (χ0v) is 16.3. The van der Waals surface area contributed by atoms with Crippen LogP contribution in [0.5, 0.6) is 17.2 Å². The molecule has 0 radical (unpaired) electrons. The predicted octanol–water partition coefficient (Wildman–Crippen LogP) is 3.22. The highest BCUT2D eigenvalue weighted by atomic mass is 16.5. The molecule has 2 rings (SSSR count). The van der Waals surface area contributed by atoms with Crippen LogP contribution >= 0.6 is 0 Å². The van der Waals surface area contributed by atoms with Gasteiger partial charge in [-0.2, -0.15) is 0 Å². The van der Waals surface area contributed by atoms with Crippen LogP contribution in [0, 0.1) is 0 Å². The summed E-state index contributed by atoms with van der Waals surface area (Å²) in [4.78, 5) is 24.8. The van der Waals surface area contributed by atoms with Crippen molar-refractivity contribution in [3.05, 3.63) is 53.6 Å². The highest BCUT2D eigenvalue weighted by Crippen LogP contribution is 2.39. The molecule has 0 saturated carbocycles. The molecule has 0 aliphatic carbocycles. The van der Waals surface area contributed by atoms with Gasteiger partial charge in [0.1, 0.15) is 6.61 Å². The van der Waals surface area contributed by atoms with Gasteiger partial charge in [0.15, 0.2) is 11.5 Å². The molecule has 1 amide bonds. The Hall–Kier alpha value is -3.22. The summed E-state index contributed by atoms with van der Waals surface area (Å²) in [5, 5.41) is 8.73. The van der Waals surface area contributed by atoms with E-state index in [4.69, 9.17) is 19.3 Å². The van der Waals surface area contributed by atoms with E-state index in [2.05, 4.69) is 0 Å². The van der Waals surface area contributed by atoms with Crippen molar-refractivity contribution in [3.63, 3.8) is 0 Å². The number of hydrogen-bond donors (Lipinski definition) is 1. The van der Waals surface area contributed by atoms with E-state index in [0.717, 1.165) is 5.56 Å². The predicted molar refractivity (Wildman–Crippen MR) is 104 cm³/mol. The van der Waals surface area contributed by atoms with Crippen LogP contribution in [0.3, 0.4) is 0 Å². The molecule has 0 spiro atoms. The molecule has 2 aromatic rings. The highest BCUT2D eigenvalue weighted by Gasteiger charge is 2.20. The number of carboxylic acids is 1. The van der Waals surface area contributed by atoms with Crippen LogP contribution in [-0.4, -0.2) is 49.7 Å².